The van der Waals surface area contributed by atoms with Gasteiger partial charge in [-0.3, -0.25) is 4.90 Å². The van der Waals surface area contributed by atoms with Gasteiger partial charge in [-0.1, -0.05) is 18.9 Å². The minimum atomic E-state index is 0.573. The fourth-order valence-electron chi connectivity index (χ4n) is 4.54. The fourth-order valence-corrected chi connectivity index (χ4v) is 5.87. The van der Waals surface area contributed by atoms with Crippen molar-refractivity contribution < 1.29 is 0 Å². The summed E-state index contributed by atoms with van der Waals surface area (Å²) in [7, 11) is 0. The number of thiophene rings is 1. The molecular formula is C18H25N7S. The molecule has 0 aromatic carbocycles. The quantitative estimate of drug-likeness (QED) is 0.705. The van der Waals surface area contributed by atoms with Crippen molar-refractivity contribution in [2.45, 2.75) is 58.5 Å². The highest BCUT2D eigenvalue weighted by Crippen LogP contribution is 2.41. The minimum absolute atomic E-state index is 0.573. The van der Waals surface area contributed by atoms with Crippen LogP contribution in [0.5, 0.6) is 0 Å². The normalized spacial score (nSPS) is 21.6. The Hall–Kier alpha value is -1.80. The molecule has 5 heterocycles. The Morgan fingerprint density at radius 1 is 1.19 bits per heavy atom. The first kappa shape index (κ1) is 16.4. The smallest absolute Gasteiger partial charge is 0.276 e. The van der Waals surface area contributed by atoms with Crippen molar-refractivity contribution in [2.75, 3.05) is 24.5 Å². The Bertz CT molecular complexity index is 946. The van der Waals surface area contributed by atoms with Gasteiger partial charge in [0.2, 0.25) is 0 Å². The van der Waals surface area contributed by atoms with E-state index in [1.54, 1.807) is 0 Å². The molecule has 1 atom stereocenters. The average Bonchev–Trinajstić information content (AvgIpc) is 3.30. The van der Waals surface area contributed by atoms with Crippen LogP contribution in [0.3, 0.4) is 0 Å². The number of aromatic nitrogens is 5. The van der Waals surface area contributed by atoms with E-state index < -0.39 is 0 Å². The number of piperidine rings is 1. The zero-order valence-electron chi connectivity index (χ0n) is 15.5. The van der Waals surface area contributed by atoms with Crippen LogP contribution in [0.15, 0.2) is 0 Å². The molecular weight excluding hydrogens is 346 g/mol. The van der Waals surface area contributed by atoms with Gasteiger partial charge < -0.3 is 4.90 Å². The molecule has 2 aliphatic rings. The number of rotatable bonds is 3. The SMILES string of the molecule is CCC1CCCCN1c1nc2nnnn2c2sc3c(c12)CCN(CC)C3. The van der Waals surface area contributed by atoms with E-state index in [9.17, 15) is 0 Å². The van der Waals surface area contributed by atoms with Gasteiger partial charge >= 0.3 is 0 Å². The molecule has 1 fully saturated rings. The molecule has 1 saturated heterocycles. The lowest BCUT2D eigenvalue weighted by Gasteiger charge is -2.36. The maximum absolute atomic E-state index is 4.95. The maximum Gasteiger partial charge on any atom is 0.276 e. The van der Waals surface area contributed by atoms with E-state index in [1.807, 2.05) is 15.9 Å². The molecule has 0 aliphatic carbocycles. The molecule has 0 amide bonds. The molecule has 8 heteroatoms. The van der Waals surface area contributed by atoms with Gasteiger partial charge in [0.1, 0.15) is 10.6 Å². The number of hydrogen-bond donors (Lipinski definition) is 0. The van der Waals surface area contributed by atoms with Crippen molar-refractivity contribution >= 4 is 33.1 Å². The molecule has 0 spiro atoms. The van der Waals surface area contributed by atoms with Crippen molar-refractivity contribution in [3.8, 4) is 0 Å². The summed E-state index contributed by atoms with van der Waals surface area (Å²) in [5.41, 5.74) is 1.48. The molecule has 26 heavy (non-hydrogen) atoms. The zero-order valence-corrected chi connectivity index (χ0v) is 16.3. The van der Waals surface area contributed by atoms with Gasteiger partial charge in [0.15, 0.2) is 0 Å². The van der Waals surface area contributed by atoms with Crippen LogP contribution in [0.4, 0.5) is 5.82 Å². The number of hydrogen-bond acceptors (Lipinski definition) is 7. The minimum Gasteiger partial charge on any atom is -0.353 e. The lowest BCUT2D eigenvalue weighted by molar-refractivity contribution is 0.272. The molecule has 0 bridgehead atoms. The summed E-state index contributed by atoms with van der Waals surface area (Å²) in [6.45, 7) is 8.88. The predicted molar refractivity (Wildman–Crippen MR) is 104 cm³/mol. The third-order valence-corrected chi connectivity index (χ3v) is 7.20. The monoisotopic (exact) mass is 371 g/mol. The second-order valence-electron chi connectivity index (χ2n) is 7.38. The van der Waals surface area contributed by atoms with Crippen LogP contribution < -0.4 is 4.90 Å². The van der Waals surface area contributed by atoms with Gasteiger partial charge in [-0.2, -0.15) is 9.50 Å². The number of tetrazole rings is 1. The van der Waals surface area contributed by atoms with Crippen LogP contribution in [0.1, 0.15) is 50.0 Å². The second kappa shape index (κ2) is 6.42. The van der Waals surface area contributed by atoms with E-state index in [0.717, 1.165) is 44.8 Å². The van der Waals surface area contributed by atoms with Crippen LogP contribution in [0, 0.1) is 0 Å². The molecule has 5 rings (SSSR count). The second-order valence-corrected chi connectivity index (χ2v) is 8.46. The summed E-state index contributed by atoms with van der Waals surface area (Å²) in [5.74, 6) is 1.75. The fraction of sp³-hybridized carbons (Fsp3) is 0.667. The number of fused-ring (bicyclic) bond motifs is 5. The molecule has 2 aliphatic heterocycles. The Balaban J connectivity index is 1.75. The lowest BCUT2D eigenvalue weighted by Crippen LogP contribution is -2.40. The van der Waals surface area contributed by atoms with Crippen molar-refractivity contribution in [3.05, 3.63) is 10.4 Å². The number of nitrogens with zero attached hydrogens (tertiary/aromatic N) is 7. The van der Waals surface area contributed by atoms with Crippen LogP contribution in [-0.2, 0) is 13.0 Å². The molecule has 0 N–H and O–H groups in total. The van der Waals surface area contributed by atoms with E-state index in [1.165, 1.54) is 39.9 Å². The number of likely N-dealkylation sites (N-methyl/N-ethyl adjacent to an activating group) is 1. The first-order valence-corrected chi connectivity index (χ1v) is 10.6. The van der Waals surface area contributed by atoms with Crippen LogP contribution >= 0.6 is 11.3 Å². The van der Waals surface area contributed by atoms with Crippen molar-refractivity contribution in [1.29, 1.82) is 0 Å². The van der Waals surface area contributed by atoms with Gasteiger partial charge in [0, 0.05) is 30.6 Å². The average molecular weight is 372 g/mol. The molecule has 1 unspecified atom stereocenters. The van der Waals surface area contributed by atoms with Gasteiger partial charge in [-0.15, -0.1) is 11.3 Å². The highest BCUT2D eigenvalue weighted by atomic mass is 32.1. The van der Waals surface area contributed by atoms with Gasteiger partial charge in [-0.25, -0.2) is 0 Å². The summed E-state index contributed by atoms with van der Waals surface area (Å²) in [4.78, 5) is 12.6. The largest absolute Gasteiger partial charge is 0.353 e. The lowest BCUT2D eigenvalue weighted by atomic mass is 9.98. The van der Waals surface area contributed by atoms with E-state index in [0.29, 0.717) is 11.8 Å². The third-order valence-electron chi connectivity index (χ3n) is 6.01. The summed E-state index contributed by atoms with van der Waals surface area (Å²) < 4.78 is 1.84. The summed E-state index contributed by atoms with van der Waals surface area (Å²) in [6.07, 6.45) is 6.07. The first-order valence-electron chi connectivity index (χ1n) is 9.81. The molecule has 0 radical (unpaired) electrons. The molecule has 0 saturated carbocycles. The first-order chi connectivity index (χ1) is 12.8. The van der Waals surface area contributed by atoms with Crippen molar-refractivity contribution in [3.63, 3.8) is 0 Å². The summed E-state index contributed by atoms with van der Waals surface area (Å²) >= 11 is 1.85. The van der Waals surface area contributed by atoms with Gasteiger partial charge in [-0.05, 0) is 54.6 Å². The molecule has 3 aromatic heterocycles. The Morgan fingerprint density at radius 2 is 2.12 bits per heavy atom. The highest BCUT2D eigenvalue weighted by Gasteiger charge is 2.30. The van der Waals surface area contributed by atoms with Crippen molar-refractivity contribution in [2.24, 2.45) is 0 Å². The standard InChI is InChI=1S/C18H25N7S/c1-3-12-7-5-6-9-24(12)16-15-13-8-10-23(4-2)11-14(13)26-17(15)25-18(19-16)20-21-22-25/h12H,3-11H2,1-2H3. The topological polar surface area (TPSA) is 62.5 Å². The summed E-state index contributed by atoms with van der Waals surface area (Å²) in [5, 5.41) is 13.6. The van der Waals surface area contributed by atoms with Crippen LogP contribution in [0.2, 0.25) is 0 Å². The Kier molecular flexibility index (Phi) is 4.04. The summed E-state index contributed by atoms with van der Waals surface area (Å²) in [6, 6.07) is 0.573. The maximum atomic E-state index is 4.95. The van der Waals surface area contributed by atoms with E-state index >= 15 is 0 Å². The Labute approximate surface area is 157 Å². The van der Waals surface area contributed by atoms with Crippen LogP contribution in [-0.4, -0.2) is 55.6 Å². The van der Waals surface area contributed by atoms with Gasteiger partial charge in [0.05, 0.1) is 5.39 Å². The third kappa shape index (κ3) is 2.42. The van der Waals surface area contributed by atoms with Crippen molar-refractivity contribution in [1.82, 2.24) is 29.9 Å². The van der Waals surface area contributed by atoms with E-state index in [2.05, 4.69) is 39.2 Å². The van der Waals surface area contributed by atoms with E-state index in [4.69, 9.17) is 4.98 Å². The molecule has 138 valence electrons. The van der Waals surface area contributed by atoms with Gasteiger partial charge in [0.25, 0.3) is 5.78 Å². The molecule has 7 nitrogen and oxygen atoms in total. The highest BCUT2D eigenvalue weighted by molar-refractivity contribution is 7.19. The van der Waals surface area contributed by atoms with E-state index in [-0.39, 0.29) is 0 Å². The van der Waals surface area contributed by atoms with Crippen LogP contribution in [0.25, 0.3) is 16.0 Å². The zero-order chi connectivity index (χ0) is 17.7. The Morgan fingerprint density at radius 3 is 2.96 bits per heavy atom. The predicted octanol–water partition coefficient (Wildman–Crippen LogP) is 2.88. The molecule has 3 aromatic rings. The number of anilines is 1.